The van der Waals surface area contributed by atoms with Crippen LogP contribution < -0.4 is 10.4 Å². The smallest absolute Gasteiger partial charge is 0.407 e. The van der Waals surface area contributed by atoms with Crippen LogP contribution in [0.1, 0.15) is 69.7 Å². The fourth-order valence-electron chi connectivity index (χ4n) is 5.69. The first-order valence-electron chi connectivity index (χ1n) is 12.9. The molecule has 2 aliphatic rings. The predicted molar refractivity (Wildman–Crippen MR) is 140 cm³/mol. The monoisotopic (exact) mass is 512 g/mol. The summed E-state index contributed by atoms with van der Waals surface area (Å²) in [7, 11) is -3.60. The van der Waals surface area contributed by atoms with E-state index in [1.807, 2.05) is 60.7 Å². The van der Waals surface area contributed by atoms with Gasteiger partial charge in [0.15, 0.2) is 0 Å². The molecule has 2 N–H and O–H groups in total. The molecule has 1 saturated heterocycles. The van der Waals surface area contributed by atoms with E-state index in [2.05, 4.69) is 33.6 Å². The van der Waals surface area contributed by atoms with E-state index in [1.165, 1.54) is 0 Å². The number of amides is 2. The molecule has 4 rings (SSSR count). The van der Waals surface area contributed by atoms with Crippen molar-refractivity contribution in [1.82, 2.24) is 19.7 Å². The molecule has 1 aliphatic carbocycles. The highest BCUT2D eigenvalue weighted by Gasteiger charge is 2.59. The molecule has 0 spiro atoms. The van der Waals surface area contributed by atoms with Gasteiger partial charge in [0.25, 0.3) is 0 Å². The van der Waals surface area contributed by atoms with Crippen molar-refractivity contribution in [3.05, 3.63) is 71.8 Å². The lowest BCUT2D eigenvalue weighted by Gasteiger charge is -2.38. The molecule has 0 bridgehead atoms. The Morgan fingerprint density at radius 2 is 1.39 bits per heavy atom. The molecule has 4 atom stereocenters. The Bertz CT molecular complexity index is 1020. The first kappa shape index (κ1) is 26.4. The van der Waals surface area contributed by atoms with Crippen molar-refractivity contribution in [3.8, 4) is 0 Å². The number of rotatable bonds is 8. The minimum Gasteiger partial charge on any atom is -0.450 e. The molecule has 1 aliphatic heterocycles. The van der Waals surface area contributed by atoms with E-state index >= 15 is 4.57 Å². The predicted octanol–water partition coefficient (Wildman–Crippen LogP) is 5.41. The third kappa shape index (κ3) is 5.36. The van der Waals surface area contributed by atoms with Gasteiger partial charge in [-0.3, -0.25) is 14.4 Å². The Kier molecular flexibility index (Phi) is 8.50. The number of fused-ring (bicyclic) bond motifs is 1. The van der Waals surface area contributed by atoms with Crippen LogP contribution in [0.4, 0.5) is 4.79 Å². The highest BCUT2D eigenvalue weighted by Crippen LogP contribution is 2.66. The summed E-state index contributed by atoms with van der Waals surface area (Å²) >= 11 is 0. The van der Waals surface area contributed by atoms with Crippen molar-refractivity contribution in [2.75, 3.05) is 13.2 Å². The highest BCUT2D eigenvalue weighted by molar-refractivity contribution is 7.58. The van der Waals surface area contributed by atoms with Gasteiger partial charge in [0, 0.05) is 24.2 Å². The van der Waals surface area contributed by atoms with Gasteiger partial charge in [-0.15, -0.1) is 0 Å². The fraction of sp³-hybridized carbons (Fsp3) is 0.481. The van der Waals surface area contributed by atoms with Crippen LogP contribution in [0, 0.1) is 0 Å². The lowest BCUT2D eigenvalue weighted by Crippen LogP contribution is -2.41. The molecule has 194 valence electrons. The van der Waals surface area contributed by atoms with E-state index in [9.17, 15) is 9.59 Å². The van der Waals surface area contributed by atoms with Crippen LogP contribution >= 0.6 is 7.59 Å². The summed E-state index contributed by atoms with van der Waals surface area (Å²) in [5.74, 6) is -0.499. The zero-order chi connectivity index (χ0) is 25.7. The summed E-state index contributed by atoms with van der Waals surface area (Å²) in [4.78, 5) is 24.9. The van der Waals surface area contributed by atoms with Gasteiger partial charge in [0.2, 0.25) is 5.91 Å². The zero-order valence-electron chi connectivity index (χ0n) is 21.3. The quantitative estimate of drug-likeness (QED) is 0.460. The van der Waals surface area contributed by atoms with Crippen molar-refractivity contribution in [2.24, 2.45) is 0 Å². The molecule has 2 fully saturated rings. The molecule has 0 aromatic heterocycles. The summed E-state index contributed by atoms with van der Waals surface area (Å²) < 4.78 is 24.2. The third-order valence-corrected chi connectivity index (χ3v) is 10.4. The van der Waals surface area contributed by atoms with Crippen molar-refractivity contribution in [2.45, 2.75) is 70.6 Å². The number of nitrogens with one attached hydrogen (secondary N) is 2. The maximum atomic E-state index is 15.2. The molecule has 2 amide bonds. The second kappa shape index (κ2) is 11.6. The van der Waals surface area contributed by atoms with Crippen molar-refractivity contribution in [1.29, 1.82) is 0 Å². The van der Waals surface area contributed by atoms with Gasteiger partial charge < -0.3 is 10.1 Å². The summed E-state index contributed by atoms with van der Waals surface area (Å²) in [5, 5.41) is 5.37. The van der Waals surface area contributed by atoms with Gasteiger partial charge in [-0.2, -0.15) is 0 Å². The molecular weight excluding hydrogens is 475 g/mol. The van der Waals surface area contributed by atoms with E-state index in [4.69, 9.17) is 4.74 Å². The van der Waals surface area contributed by atoms with Crippen LogP contribution in [-0.2, 0) is 14.1 Å². The van der Waals surface area contributed by atoms with E-state index in [0.717, 1.165) is 36.8 Å². The number of hydrogen-bond acceptors (Lipinski definition) is 4. The van der Waals surface area contributed by atoms with Gasteiger partial charge in [-0.25, -0.2) is 14.1 Å². The average Bonchev–Trinajstić information content (AvgIpc) is 3.15. The van der Waals surface area contributed by atoms with Gasteiger partial charge in [-0.1, -0.05) is 73.5 Å². The number of ether oxygens (including phenoxy) is 1. The van der Waals surface area contributed by atoms with Crippen LogP contribution in [0.3, 0.4) is 0 Å². The summed E-state index contributed by atoms with van der Waals surface area (Å²) in [6, 6.07) is 19.8. The lowest BCUT2D eigenvalue weighted by atomic mass is 9.88. The summed E-state index contributed by atoms with van der Waals surface area (Å²) in [6.45, 7) is 5.73. The second-order valence-electron chi connectivity index (χ2n) is 9.51. The largest absolute Gasteiger partial charge is 0.450 e. The molecule has 36 heavy (non-hydrogen) atoms. The number of nitrogens with zero attached hydrogens (tertiary/aromatic N) is 2. The summed E-state index contributed by atoms with van der Waals surface area (Å²) in [5.41, 5.74) is 2.10. The molecule has 1 saturated carbocycles. The Balaban J connectivity index is 1.73. The molecule has 1 heterocycles. The topological polar surface area (TPSA) is 91.0 Å². The van der Waals surface area contributed by atoms with Gasteiger partial charge in [0.1, 0.15) is 6.54 Å². The fourth-order valence-corrected chi connectivity index (χ4v) is 9.12. The lowest BCUT2D eigenvalue weighted by molar-refractivity contribution is -0.118. The van der Waals surface area contributed by atoms with E-state index in [0.29, 0.717) is 0 Å². The van der Waals surface area contributed by atoms with Crippen LogP contribution in [0.25, 0.3) is 0 Å². The van der Waals surface area contributed by atoms with Gasteiger partial charge in [-0.05, 0) is 44.7 Å². The Morgan fingerprint density at radius 1 is 0.917 bits per heavy atom. The second-order valence-corrected chi connectivity index (χ2v) is 11.7. The average molecular weight is 513 g/mol. The standard InChI is InChI=1S/C27H37N4O4P/c1-4-35-27(33)28-19-26(32)29-36(34)30(20(2)22-13-7-5-8-14-22)24-17-11-12-18-25(24)31(36)21(3)23-15-9-6-10-16-23/h5-10,13-16,20-21,24-25H,4,11-12,17-19H2,1-3H3,(H,28,33)(H,29,32,34)/t20-,21-,24-,25-/m1/s1. The zero-order valence-corrected chi connectivity index (χ0v) is 22.2. The number of carbonyl (C=O) groups excluding carboxylic acids is 2. The molecule has 2 aromatic carbocycles. The van der Waals surface area contributed by atoms with E-state index in [-0.39, 0.29) is 37.3 Å². The van der Waals surface area contributed by atoms with Gasteiger partial charge >= 0.3 is 13.7 Å². The molecule has 0 radical (unpaired) electrons. The van der Waals surface area contributed by atoms with E-state index < -0.39 is 19.6 Å². The number of carbonyl (C=O) groups is 2. The first-order valence-corrected chi connectivity index (χ1v) is 14.5. The molecule has 0 unspecified atom stereocenters. The normalized spacial score (nSPS) is 23.3. The Labute approximate surface area is 213 Å². The minimum absolute atomic E-state index is 0.0456. The first-order chi connectivity index (χ1) is 17.4. The molecular formula is C27H37N4O4P. The SMILES string of the molecule is CCOC(=O)NCC(=O)NP1(=O)N([C@H](C)c2ccccc2)[C@@H]2CCCC[C@H]2N1[C@H](C)c1ccccc1. The maximum absolute atomic E-state index is 15.2. The van der Waals surface area contributed by atoms with Crippen molar-refractivity contribution >= 4 is 19.6 Å². The number of benzene rings is 2. The van der Waals surface area contributed by atoms with Crippen LogP contribution in [0.2, 0.25) is 0 Å². The van der Waals surface area contributed by atoms with Crippen LogP contribution in [0.5, 0.6) is 0 Å². The van der Waals surface area contributed by atoms with Crippen molar-refractivity contribution < 1.29 is 18.9 Å². The molecule has 8 nitrogen and oxygen atoms in total. The van der Waals surface area contributed by atoms with Crippen LogP contribution in [-0.4, -0.2) is 46.6 Å². The molecule has 9 heteroatoms. The van der Waals surface area contributed by atoms with Gasteiger partial charge in [0.05, 0.1) is 6.61 Å². The molecule has 2 aromatic rings. The minimum atomic E-state index is -3.60. The summed E-state index contributed by atoms with van der Waals surface area (Å²) in [6.07, 6.45) is 3.28. The van der Waals surface area contributed by atoms with Crippen LogP contribution in [0.15, 0.2) is 60.7 Å². The van der Waals surface area contributed by atoms with Crippen molar-refractivity contribution in [3.63, 3.8) is 0 Å². The highest BCUT2D eigenvalue weighted by atomic mass is 31.2. The maximum Gasteiger partial charge on any atom is 0.407 e. The number of hydrogen-bond donors (Lipinski definition) is 2. The Morgan fingerprint density at radius 3 is 1.83 bits per heavy atom. The Hall–Kier alpha value is -2.67. The number of alkyl carbamates (subject to hydrolysis) is 1. The third-order valence-electron chi connectivity index (χ3n) is 7.30. The van der Waals surface area contributed by atoms with E-state index in [1.54, 1.807) is 6.92 Å².